The summed E-state index contributed by atoms with van der Waals surface area (Å²) >= 11 is 5.91. The molecule has 0 radical (unpaired) electrons. The number of hydrogen-bond acceptors (Lipinski definition) is 3. The second-order valence-electron chi connectivity index (χ2n) is 5.25. The maximum Gasteiger partial charge on any atom is 0.236 e. The van der Waals surface area contributed by atoms with Gasteiger partial charge in [-0.1, -0.05) is 28.4 Å². The number of rotatable bonds is 5. The van der Waals surface area contributed by atoms with Crippen molar-refractivity contribution in [2.24, 2.45) is 0 Å². The molecule has 0 saturated heterocycles. The predicted molar refractivity (Wildman–Crippen MR) is 92.2 cm³/mol. The molecule has 0 saturated carbocycles. The summed E-state index contributed by atoms with van der Waals surface area (Å²) in [5.41, 5.74) is 2.37. The van der Waals surface area contributed by atoms with Gasteiger partial charge in [0.25, 0.3) is 0 Å². The third kappa shape index (κ3) is 4.87. The van der Waals surface area contributed by atoms with Gasteiger partial charge in [0.15, 0.2) is 6.20 Å². The Labute approximate surface area is 161 Å². The van der Waals surface area contributed by atoms with Crippen molar-refractivity contribution in [2.75, 3.05) is 7.11 Å². The number of ether oxygens (including phenoxy) is 1. The first-order valence-electron chi connectivity index (χ1n) is 7.46. The minimum Gasteiger partial charge on any atom is -1.00 e. The van der Waals surface area contributed by atoms with Crippen molar-refractivity contribution in [2.45, 2.75) is 6.54 Å². The molecule has 0 atom stereocenters. The van der Waals surface area contributed by atoms with Crippen molar-refractivity contribution in [3.8, 4) is 17.0 Å². The molecule has 0 amide bonds. The molecule has 1 aromatic heterocycles. The average Bonchev–Trinajstić information content (AvgIpc) is 2.62. The number of carbonyl (C=O) groups excluding carboxylic acids is 1. The molecule has 0 unspecified atom stereocenters. The maximum absolute atomic E-state index is 12.4. The van der Waals surface area contributed by atoms with E-state index in [0.717, 1.165) is 17.0 Å². The summed E-state index contributed by atoms with van der Waals surface area (Å²) in [6, 6.07) is 18.3. The highest BCUT2D eigenvalue weighted by Gasteiger charge is 2.15. The van der Waals surface area contributed by atoms with Gasteiger partial charge >= 0.3 is 0 Å². The van der Waals surface area contributed by atoms with Gasteiger partial charge in [0.05, 0.1) is 7.11 Å². The summed E-state index contributed by atoms with van der Waals surface area (Å²) in [5, 5.41) is 5.18. The molecule has 4 nitrogen and oxygen atoms in total. The molecule has 0 fully saturated rings. The van der Waals surface area contributed by atoms with Crippen LogP contribution in [-0.4, -0.2) is 18.0 Å². The topological polar surface area (TPSA) is 43.1 Å². The standard InChI is InChI=1S/C19H16ClN2O2.BrH/c1-24-17-10-6-15(7-11-17)19(23)13-22-12-2-3-18(21-22)14-4-8-16(20)9-5-14;/h2-12H,13H2,1H3;1H/q+1;/p-1. The van der Waals surface area contributed by atoms with Crippen LogP contribution in [-0.2, 0) is 6.54 Å². The first-order valence-corrected chi connectivity index (χ1v) is 7.83. The molecule has 0 spiro atoms. The van der Waals surface area contributed by atoms with E-state index < -0.39 is 0 Å². The Kier molecular flexibility index (Phi) is 6.67. The van der Waals surface area contributed by atoms with Crippen LogP contribution in [0.3, 0.4) is 0 Å². The lowest BCUT2D eigenvalue weighted by atomic mass is 10.1. The van der Waals surface area contributed by atoms with Gasteiger partial charge in [-0.05, 0) is 42.5 Å². The van der Waals surface area contributed by atoms with E-state index in [0.29, 0.717) is 10.6 Å². The van der Waals surface area contributed by atoms with Crippen molar-refractivity contribution >= 4 is 17.4 Å². The molecule has 128 valence electrons. The molecule has 3 aromatic rings. The Bertz CT molecular complexity index is 852. The normalized spacial score (nSPS) is 10.0. The summed E-state index contributed by atoms with van der Waals surface area (Å²) in [5.74, 6) is 0.713. The molecule has 1 heterocycles. The van der Waals surface area contributed by atoms with Crippen molar-refractivity contribution in [3.05, 3.63) is 77.4 Å². The minimum atomic E-state index is -0.0107. The maximum atomic E-state index is 12.4. The average molecular weight is 420 g/mol. The summed E-state index contributed by atoms with van der Waals surface area (Å²) in [4.78, 5) is 12.4. The number of carbonyl (C=O) groups is 1. The highest BCUT2D eigenvalue weighted by molar-refractivity contribution is 6.30. The van der Waals surface area contributed by atoms with E-state index >= 15 is 0 Å². The van der Waals surface area contributed by atoms with Gasteiger partial charge in [-0.2, -0.15) is 0 Å². The summed E-state index contributed by atoms with van der Waals surface area (Å²) in [6.07, 6.45) is 1.78. The number of Topliss-reactive ketones (excluding diaryl/α,β-unsaturated/α-hetero) is 1. The van der Waals surface area contributed by atoms with E-state index in [1.807, 2.05) is 36.4 Å². The number of nitrogens with zero attached hydrogens (tertiary/aromatic N) is 2. The zero-order valence-corrected chi connectivity index (χ0v) is 15.9. The molecule has 0 aliphatic heterocycles. The van der Waals surface area contributed by atoms with E-state index in [1.165, 1.54) is 0 Å². The number of hydrogen-bond donors (Lipinski definition) is 0. The van der Waals surface area contributed by atoms with E-state index in [4.69, 9.17) is 16.3 Å². The lowest BCUT2D eigenvalue weighted by Crippen LogP contribution is -3.00. The summed E-state index contributed by atoms with van der Waals surface area (Å²) in [7, 11) is 1.60. The number of methoxy groups -OCH3 is 1. The summed E-state index contributed by atoms with van der Waals surface area (Å²) in [6.45, 7) is 0.174. The number of ketones is 1. The van der Waals surface area contributed by atoms with Crippen LogP contribution >= 0.6 is 11.6 Å². The van der Waals surface area contributed by atoms with Crippen LogP contribution in [0, 0.1) is 0 Å². The van der Waals surface area contributed by atoms with E-state index in [9.17, 15) is 4.79 Å². The van der Waals surface area contributed by atoms with E-state index in [2.05, 4.69) is 5.10 Å². The van der Waals surface area contributed by atoms with Gasteiger partial charge in [-0.3, -0.25) is 4.79 Å². The number of aromatic nitrogens is 2. The van der Waals surface area contributed by atoms with Crippen LogP contribution in [0.4, 0.5) is 0 Å². The third-order valence-electron chi connectivity index (χ3n) is 3.61. The second kappa shape index (κ2) is 8.74. The summed E-state index contributed by atoms with van der Waals surface area (Å²) < 4.78 is 6.74. The largest absolute Gasteiger partial charge is 1.00 e. The first-order chi connectivity index (χ1) is 11.7. The fraction of sp³-hybridized carbons (Fsp3) is 0.105. The second-order valence-corrected chi connectivity index (χ2v) is 5.69. The van der Waals surface area contributed by atoms with Gasteiger partial charge in [-0.25, -0.2) is 0 Å². The molecule has 0 N–H and O–H groups in total. The number of halogens is 2. The van der Waals surface area contributed by atoms with Crippen LogP contribution in [0.2, 0.25) is 5.02 Å². The minimum absolute atomic E-state index is 0. The van der Waals surface area contributed by atoms with Crippen molar-refractivity contribution in [1.29, 1.82) is 0 Å². The Morgan fingerprint density at radius 2 is 1.76 bits per heavy atom. The Hall–Kier alpha value is -2.24. The van der Waals surface area contributed by atoms with Crippen LogP contribution in [0.25, 0.3) is 11.3 Å². The van der Waals surface area contributed by atoms with Crippen molar-refractivity contribution in [1.82, 2.24) is 5.10 Å². The predicted octanol–water partition coefficient (Wildman–Crippen LogP) is 0.585. The van der Waals surface area contributed by atoms with Gasteiger partial charge in [0, 0.05) is 27.3 Å². The molecular formula is C19H16BrClN2O2. The van der Waals surface area contributed by atoms with Crippen LogP contribution in [0.5, 0.6) is 5.75 Å². The fourth-order valence-corrected chi connectivity index (χ4v) is 2.44. The lowest BCUT2D eigenvalue weighted by Gasteiger charge is -2.02. The molecule has 3 rings (SSSR count). The van der Waals surface area contributed by atoms with E-state index in [1.54, 1.807) is 42.3 Å². The van der Waals surface area contributed by atoms with Crippen LogP contribution in [0.1, 0.15) is 10.4 Å². The quantitative estimate of drug-likeness (QED) is 0.449. The van der Waals surface area contributed by atoms with Gasteiger partial charge in [-0.15, -0.1) is 0 Å². The molecule has 0 aliphatic rings. The van der Waals surface area contributed by atoms with E-state index in [-0.39, 0.29) is 29.3 Å². The molecule has 0 aliphatic carbocycles. The molecular weight excluding hydrogens is 404 g/mol. The highest BCUT2D eigenvalue weighted by Crippen LogP contribution is 2.18. The molecule has 0 bridgehead atoms. The Morgan fingerprint density at radius 1 is 1.08 bits per heavy atom. The first kappa shape index (κ1) is 19.1. The molecule has 2 aromatic carbocycles. The van der Waals surface area contributed by atoms with Crippen LogP contribution < -0.4 is 26.4 Å². The van der Waals surface area contributed by atoms with Gasteiger partial charge in [0.2, 0.25) is 12.3 Å². The highest BCUT2D eigenvalue weighted by atomic mass is 79.9. The zero-order chi connectivity index (χ0) is 16.9. The smallest absolute Gasteiger partial charge is 0.236 e. The van der Waals surface area contributed by atoms with Crippen molar-refractivity contribution in [3.63, 3.8) is 0 Å². The molecule has 25 heavy (non-hydrogen) atoms. The fourth-order valence-electron chi connectivity index (χ4n) is 2.32. The SMILES string of the molecule is COc1ccc(C(=O)C[n+]2cccc(-c3ccc(Cl)cc3)n2)cc1.[Br-]. The van der Waals surface area contributed by atoms with Crippen LogP contribution in [0.15, 0.2) is 66.9 Å². The third-order valence-corrected chi connectivity index (χ3v) is 3.86. The Balaban J connectivity index is 0.00000225. The lowest BCUT2D eigenvalue weighted by molar-refractivity contribution is -0.740. The molecule has 6 heteroatoms. The van der Waals surface area contributed by atoms with Gasteiger partial charge in [0.1, 0.15) is 11.4 Å². The van der Waals surface area contributed by atoms with Crippen molar-refractivity contribution < 1.29 is 31.2 Å². The van der Waals surface area contributed by atoms with Gasteiger partial charge < -0.3 is 21.7 Å². The number of benzene rings is 2. The Morgan fingerprint density at radius 3 is 2.40 bits per heavy atom. The monoisotopic (exact) mass is 418 g/mol. The zero-order valence-electron chi connectivity index (χ0n) is 13.5.